The van der Waals surface area contributed by atoms with Gasteiger partial charge in [0.25, 0.3) is 0 Å². The molecule has 1 N–H and O–H groups in total. The van der Waals surface area contributed by atoms with E-state index in [2.05, 4.69) is 9.97 Å². The quantitative estimate of drug-likeness (QED) is 0.898. The van der Waals surface area contributed by atoms with Crippen molar-refractivity contribution >= 4 is 5.97 Å². The van der Waals surface area contributed by atoms with Crippen molar-refractivity contribution in [2.24, 2.45) is 0 Å². The summed E-state index contributed by atoms with van der Waals surface area (Å²) in [7, 11) is 0. The first-order valence-electron chi connectivity index (χ1n) is 5.39. The molecule has 0 saturated carbocycles. The first kappa shape index (κ1) is 12.0. The van der Waals surface area contributed by atoms with E-state index in [0.717, 1.165) is 5.69 Å². The molecule has 0 amide bonds. The summed E-state index contributed by atoms with van der Waals surface area (Å²) in [6, 6.07) is 8.09. The Morgan fingerprint density at radius 3 is 2.61 bits per heavy atom. The van der Waals surface area contributed by atoms with Gasteiger partial charge in [0.1, 0.15) is 17.1 Å². The van der Waals surface area contributed by atoms with Crippen molar-refractivity contribution in [3.05, 3.63) is 47.4 Å². The van der Waals surface area contributed by atoms with Crippen LogP contribution in [0.2, 0.25) is 0 Å². The lowest BCUT2D eigenvalue weighted by Gasteiger charge is -2.08. The monoisotopic (exact) mass is 244 g/mol. The summed E-state index contributed by atoms with van der Waals surface area (Å²) in [4.78, 5) is 19.3. The topological polar surface area (TPSA) is 72.3 Å². The summed E-state index contributed by atoms with van der Waals surface area (Å²) in [5.74, 6) is 0.155. The first-order valence-corrected chi connectivity index (χ1v) is 5.39. The maximum atomic E-state index is 11.0. The van der Waals surface area contributed by atoms with Crippen molar-refractivity contribution in [1.29, 1.82) is 0 Å². The van der Waals surface area contributed by atoms with Crippen molar-refractivity contribution in [3.8, 4) is 11.6 Å². The van der Waals surface area contributed by atoms with E-state index in [0.29, 0.717) is 11.7 Å². The minimum absolute atomic E-state index is 0.103. The van der Waals surface area contributed by atoms with Crippen LogP contribution in [-0.2, 0) is 0 Å². The van der Waals surface area contributed by atoms with Gasteiger partial charge in [-0.15, -0.1) is 0 Å². The minimum Gasteiger partial charge on any atom is -0.478 e. The third kappa shape index (κ3) is 2.63. The zero-order chi connectivity index (χ0) is 13.1. The number of carbonyl (C=O) groups is 1. The van der Waals surface area contributed by atoms with E-state index in [1.807, 2.05) is 6.92 Å². The number of nitrogens with zero attached hydrogens (tertiary/aromatic N) is 2. The lowest BCUT2D eigenvalue weighted by molar-refractivity contribution is 0.0694. The molecule has 5 nitrogen and oxygen atoms in total. The number of aromatic nitrogens is 2. The summed E-state index contributed by atoms with van der Waals surface area (Å²) in [5, 5.41) is 9.04. The standard InChI is InChI=1S/C13H12N2O3/c1-8-7-12(15-9(2)14-8)18-11-6-4-3-5-10(11)13(16)17/h3-7H,1-2H3,(H,16,17). The van der Waals surface area contributed by atoms with Crippen LogP contribution in [0.5, 0.6) is 11.6 Å². The molecule has 0 saturated heterocycles. The Balaban J connectivity index is 2.37. The van der Waals surface area contributed by atoms with Crippen molar-refractivity contribution in [2.75, 3.05) is 0 Å². The Bertz CT molecular complexity index is 576. The molecule has 2 rings (SSSR count). The van der Waals surface area contributed by atoms with Gasteiger partial charge in [0, 0.05) is 11.8 Å². The predicted octanol–water partition coefficient (Wildman–Crippen LogP) is 2.58. The van der Waals surface area contributed by atoms with Crippen molar-refractivity contribution in [2.45, 2.75) is 13.8 Å². The normalized spacial score (nSPS) is 10.1. The Kier molecular flexibility index (Phi) is 3.23. The van der Waals surface area contributed by atoms with Gasteiger partial charge in [-0.1, -0.05) is 12.1 Å². The van der Waals surface area contributed by atoms with Gasteiger partial charge in [0.05, 0.1) is 0 Å². The van der Waals surface area contributed by atoms with Gasteiger partial charge in [0.2, 0.25) is 5.88 Å². The molecule has 0 atom stereocenters. The van der Waals surface area contributed by atoms with Gasteiger partial charge < -0.3 is 9.84 Å². The molecular formula is C13H12N2O3. The van der Waals surface area contributed by atoms with Crippen LogP contribution >= 0.6 is 0 Å². The highest BCUT2D eigenvalue weighted by Crippen LogP contribution is 2.24. The smallest absolute Gasteiger partial charge is 0.339 e. The highest BCUT2D eigenvalue weighted by Gasteiger charge is 2.11. The fourth-order valence-electron chi connectivity index (χ4n) is 1.58. The molecule has 92 valence electrons. The number of carboxylic acid groups (broad SMARTS) is 1. The Hall–Kier alpha value is -2.43. The van der Waals surface area contributed by atoms with E-state index in [9.17, 15) is 4.79 Å². The molecule has 0 unspecified atom stereocenters. The number of aromatic carboxylic acids is 1. The van der Waals surface area contributed by atoms with Crippen LogP contribution in [-0.4, -0.2) is 21.0 Å². The number of hydrogen-bond donors (Lipinski definition) is 1. The third-order valence-electron chi connectivity index (χ3n) is 2.27. The molecule has 1 heterocycles. The number of para-hydroxylation sites is 1. The van der Waals surface area contributed by atoms with E-state index in [4.69, 9.17) is 9.84 Å². The Morgan fingerprint density at radius 2 is 1.94 bits per heavy atom. The summed E-state index contributed by atoms with van der Waals surface area (Å²) in [6.07, 6.45) is 0. The Morgan fingerprint density at radius 1 is 1.22 bits per heavy atom. The van der Waals surface area contributed by atoms with E-state index in [-0.39, 0.29) is 11.3 Å². The molecule has 0 aliphatic rings. The molecule has 0 spiro atoms. The van der Waals surface area contributed by atoms with Crippen molar-refractivity contribution in [1.82, 2.24) is 9.97 Å². The molecule has 2 aromatic rings. The number of rotatable bonds is 3. The summed E-state index contributed by atoms with van der Waals surface area (Å²) >= 11 is 0. The third-order valence-corrected chi connectivity index (χ3v) is 2.27. The molecule has 0 bridgehead atoms. The van der Waals surface area contributed by atoms with Crippen molar-refractivity contribution in [3.63, 3.8) is 0 Å². The second-order valence-electron chi connectivity index (χ2n) is 3.80. The van der Waals surface area contributed by atoms with Gasteiger partial charge in [-0.2, -0.15) is 4.98 Å². The molecule has 0 radical (unpaired) electrons. The predicted molar refractivity (Wildman–Crippen MR) is 65.0 cm³/mol. The van der Waals surface area contributed by atoms with Crippen LogP contribution in [0.3, 0.4) is 0 Å². The molecule has 0 aliphatic heterocycles. The van der Waals surface area contributed by atoms with E-state index in [1.165, 1.54) is 6.07 Å². The molecular weight excluding hydrogens is 232 g/mol. The summed E-state index contributed by atoms with van der Waals surface area (Å²) in [5.41, 5.74) is 0.872. The van der Waals surface area contributed by atoms with E-state index >= 15 is 0 Å². The SMILES string of the molecule is Cc1cc(Oc2ccccc2C(=O)O)nc(C)n1. The fraction of sp³-hybridized carbons (Fsp3) is 0.154. The molecule has 18 heavy (non-hydrogen) atoms. The van der Waals surface area contributed by atoms with E-state index in [1.54, 1.807) is 31.2 Å². The number of hydrogen-bond acceptors (Lipinski definition) is 4. The average Bonchev–Trinajstić information content (AvgIpc) is 2.27. The summed E-state index contributed by atoms with van der Waals surface area (Å²) in [6.45, 7) is 3.58. The second-order valence-corrected chi connectivity index (χ2v) is 3.80. The van der Waals surface area contributed by atoms with Gasteiger partial charge in [-0.3, -0.25) is 0 Å². The largest absolute Gasteiger partial charge is 0.478 e. The molecule has 1 aromatic heterocycles. The minimum atomic E-state index is -1.03. The first-order chi connectivity index (χ1) is 8.56. The summed E-state index contributed by atoms with van der Waals surface area (Å²) < 4.78 is 5.50. The zero-order valence-electron chi connectivity index (χ0n) is 10.0. The maximum Gasteiger partial charge on any atom is 0.339 e. The number of benzene rings is 1. The van der Waals surface area contributed by atoms with Gasteiger partial charge in [-0.05, 0) is 26.0 Å². The van der Waals surface area contributed by atoms with E-state index < -0.39 is 5.97 Å². The molecule has 0 aliphatic carbocycles. The van der Waals surface area contributed by atoms with Gasteiger partial charge in [0.15, 0.2) is 0 Å². The number of ether oxygens (including phenoxy) is 1. The van der Waals surface area contributed by atoms with Crippen LogP contribution in [0.15, 0.2) is 30.3 Å². The zero-order valence-corrected chi connectivity index (χ0v) is 10.0. The van der Waals surface area contributed by atoms with Gasteiger partial charge >= 0.3 is 5.97 Å². The molecule has 1 aromatic carbocycles. The molecule has 5 heteroatoms. The maximum absolute atomic E-state index is 11.0. The highest BCUT2D eigenvalue weighted by atomic mass is 16.5. The highest BCUT2D eigenvalue weighted by molar-refractivity contribution is 5.90. The Labute approximate surface area is 104 Å². The second kappa shape index (κ2) is 4.83. The van der Waals surface area contributed by atoms with Crippen LogP contribution in [0.1, 0.15) is 21.9 Å². The molecule has 0 fully saturated rings. The lowest BCUT2D eigenvalue weighted by Crippen LogP contribution is -2.01. The van der Waals surface area contributed by atoms with Crippen LogP contribution < -0.4 is 4.74 Å². The lowest BCUT2D eigenvalue weighted by atomic mass is 10.2. The van der Waals surface area contributed by atoms with Crippen LogP contribution in [0, 0.1) is 13.8 Å². The van der Waals surface area contributed by atoms with Crippen LogP contribution in [0.25, 0.3) is 0 Å². The number of aryl methyl sites for hydroxylation is 2. The average molecular weight is 244 g/mol. The van der Waals surface area contributed by atoms with Crippen molar-refractivity contribution < 1.29 is 14.6 Å². The fourth-order valence-corrected chi connectivity index (χ4v) is 1.58. The van der Waals surface area contributed by atoms with Gasteiger partial charge in [-0.25, -0.2) is 9.78 Å². The van der Waals surface area contributed by atoms with Crippen LogP contribution in [0.4, 0.5) is 0 Å². The number of carboxylic acids is 1.